The first-order valence-corrected chi connectivity index (χ1v) is 10.9. The van der Waals surface area contributed by atoms with Gasteiger partial charge in [-0.25, -0.2) is 0 Å². The Labute approximate surface area is 186 Å². The average Bonchev–Trinajstić information content (AvgIpc) is 2.97. The number of rotatable bonds is 4. The van der Waals surface area contributed by atoms with Crippen molar-refractivity contribution in [3.8, 4) is 0 Å². The van der Waals surface area contributed by atoms with Crippen LogP contribution in [0.2, 0.25) is 0 Å². The Morgan fingerprint density at radius 1 is 0.906 bits per heavy atom. The Bertz CT molecular complexity index is 1070. The Morgan fingerprint density at radius 2 is 1.59 bits per heavy atom. The number of hydrogen-bond donors (Lipinski definition) is 0. The van der Waals surface area contributed by atoms with Gasteiger partial charge in [-0.2, -0.15) is 0 Å². The quantitative estimate of drug-likeness (QED) is 0.689. The average molecular weight is 434 g/mol. The summed E-state index contributed by atoms with van der Waals surface area (Å²) in [7, 11) is 0. The monoisotopic (exact) mass is 434 g/mol. The third kappa shape index (κ3) is 4.12. The molecule has 0 radical (unpaired) electrons. The van der Waals surface area contributed by atoms with Gasteiger partial charge in [-0.1, -0.05) is 19.9 Å². The second-order valence-electron chi connectivity index (χ2n) is 8.53. The summed E-state index contributed by atoms with van der Waals surface area (Å²) in [5, 5.41) is 0. The number of pyridine rings is 1. The molecule has 2 aliphatic heterocycles. The highest BCUT2D eigenvalue weighted by molar-refractivity contribution is 6.22. The van der Waals surface area contributed by atoms with E-state index in [0.29, 0.717) is 56.0 Å². The zero-order valence-electron chi connectivity index (χ0n) is 18.3. The Balaban J connectivity index is 1.47. The number of hydrogen-bond acceptors (Lipinski definition) is 5. The van der Waals surface area contributed by atoms with Crippen LogP contribution in [0.5, 0.6) is 0 Å². The van der Waals surface area contributed by atoms with Gasteiger partial charge in [-0.05, 0) is 42.7 Å². The molecule has 4 rings (SSSR count). The maximum atomic E-state index is 13.1. The highest BCUT2D eigenvalue weighted by atomic mass is 16.2. The number of aromatic nitrogens is 1. The van der Waals surface area contributed by atoms with Gasteiger partial charge < -0.3 is 9.80 Å². The Kier molecular flexibility index (Phi) is 6.03. The predicted molar refractivity (Wildman–Crippen MR) is 117 cm³/mol. The van der Waals surface area contributed by atoms with E-state index in [1.165, 1.54) is 11.0 Å². The molecule has 0 N–H and O–H groups in total. The van der Waals surface area contributed by atoms with E-state index in [1.54, 1.807) is 46.3 Å². The number of carbonyl (C=O) groups excluding carboxylic acids is 4. The lowest BCUT2D eigenvalue weighted by Gasteiger charge is -2.22. The van der Waals surface area contributed by atoms with Gasteiger partial charge in [-0.15, -0.1) is 0 Å². The fraction of sp³-hybridized carbons (Fsp3) is 0.375. The summed E-state index contributed by atoms with van der Waals surface area (Å²) < 4.78 is 0. The van der Waals surface area contributed by atoms with Gasteiger partial charge in [0, 0.05) is 44.5 Å². The first-order valence-electron chi connectivity index (χ1n) is 10.9. The van der Waals surface area contributed by atoms with Crippen molar-refractivity contribution in [2.45, 2.75) is 20.3 Å². The molecule has 3 heterocycles. The van der Waals surface area contributed by atoms with Crippen molar-refractivity contribution in [2.75, 3.05) is 32.7 Å². The Hall–Kier alpha value is -3.55. The molecule has 166 valence electrons. The first kappa shape index (κ1) is 21.7. The van der Waals surface area contributed by atoms with Gasteiger partial charge in [0.2, 0.25) is 0 Å². The van der Waals surface area contributed by atoms with E-state index in [2.05, 4.69) is 4.98 Å². The normalized spacial score (nSPS) is 16.4. The minimum atomic E-state index is -0.351. The minimum Gasteiger partial charge on any atom is -0.337 e. The molecule has 8 nitrogen and oxygen atoms in total. The van der Waals surface area contributed by atoms with E-state index in [-0.39, 0.29) is 35.1 Å². The second kappa shape index (κ2) is 8.90. The maximum absolute atomic E-state index is 13.1. The molecule has 0 aliphatic carbocycles. The summed E-state index contributed by atoms with van der Waals surface area (Å²) in [5.74, 6) is -0.853. The highest BCUT2D eigenvalue weighted by Gasteiger charge is 2.36. The summed E-state index contributed by atoms with van der Waals surface area (Å²) in [4.78, 5) is 59.9. The van der Waals surface area contributed by atoms with Gasteiger partial charge >= 0.3 is 0 Å². The van der Waals surface area contributed by atoms with Crippen LogP contribution in [0.4, 0.5) is 0 Å². The molecular formula is C24H26N4O4. The summed E-state index contributed by atoms with van der Waals surface area (Å²) in [6.07, 6.45) is 2.23. The zero-order chi connectivity index (χ0) is 22.8. The standard InChI is InChI=1S/C24H26N4O4/c1-16(2)15-28-22(30)18-8-7-17(14-19(18)23(28)31)21(29)26-10-5-11-27(13-12-26)24(32)20-6-3-4-9-25-20/h3-4,6-9,14,16H,5,10-13,15H2,1-2H3. The van der Waals surface area contributed by atoms with E-state index in [1.807, 2.05) is 13.8 Å². The van der Waals surface area contributed by atoms with E-state index in [0.717, 1.165) is 0 Å². The SMILES string of the molecule is CC(C)CN1C(=O)c2ccc(C(=O)N3CCCN(C(=O)c4ccccn4)CC3)cc2C1=O. The van der Waals surface area contributed by atoms with Gasteiger partial charge in [0.05, 0.1) is 11.1 Å². The fourth-order valence-electron chi connectivity index (χ4n) is 4.11. The van der Waals surface area contributed by atoms with Crippen LogP contribution in [0.15, 0.2) is 42.6 Å². The van der Waals surface area contributed by atoms with Crippen LogP contribution in [0.3, 0.4) is 0 Å². The lowest BCUT2D eigenvalue weighted by molar-refractivity contribution is 0.0635. The molecule has 0 atom stereocenters. The van der Waals surface area contributed by atoms with Crippen molar-refractivity contribution in [1.29, 1.82) is 0 Å². The first-order chi connectivity index (χ1) is 15.4. The molecule has 0 bridgehead atoms. The summed E-state index contributed by atoms with van der Waals surface area (Å²) >= 11 is 0. The topological polar surface area (TPSA) is 90.9 Å². The molecule has 1 fully saturated rings. The fourth-order valence-corrected chi connectivity index (χ4v) is 4.11. The number of imide groups is 1. The largest absolute Gasteiger partial charge is 0.337 e. The molecule has 0 saturated carbocycles. The summed E-state index contributed by atoms with van der Waals surface area (Å²) in [6.45, 7) is 6.09. The third-order valence-electron chi connectivity index (χ3n) is 5.72. The van der Waals surface area contributed by atoms with Crippen LogP contribution in [0.1, 0.15) is 61.8 Å². The minimum absolute atomic E-state index is 0.146. The lowest BCUT2D eigenvalue weighted by Crippen LogP contribution is -2.37. The van der Waals surface area contributed by atoms with Gasteiger partial charge in [0.25, 0.3) is 23.6 Å². The number of nitrogens with zero attached hydrogens (tertiary/aromatic N) is 4. The lowest BCUT2D eigenvalue weighted by atomic mass is 10.0. The Morgan fingerprint density at radius 3 is 2.25 bits per heavy atom. The van der Waals surface area contributed by atoms with Crippen molar-refractivity contribution in [3.05, 3.63) is 65.0 Å². The van der Waals surface area contributed by atoms with Crippen molar-refractivity contribution >= 4 is 23.6 Å². The molecule has 1 aromatic carbocycles. The molecule has 1 aromatic heterocycles. The van der Waals surface area contributed by atoms with Crippen LogP contribution in [-0.4, -0.2) is 76.0 Å². The van der Waals surface area contributed by atoms with Crippen molar-refractivity contribution in [3.63, 3.8) is 0 Å². The van der Waals surface area contributed by atoms with Crippen molar-refractivity contribution in [1.82, 2.24) is 19.7 Å². The molecule has 4 amide bonds. The second-order valence-corrected chi connectivity index (χ2v) is 8.53. The van der Waals surface area contributed by atoms with Crippen LogP contribution in [0.25, 0.3) is 0 Å². The van der Waals surface area contributed by atoms with E-state index in [4.69, 9.17) is 0 Å². The third-order valence-corrected chi connectivity index (χ3v) is 5.72. The van der Waals surface area contributed by atoms with Crippen molar-refractivity contribution in [2.24, 2.45) is 5.92 Å². The van der Waals surface area contributed by atoms with Crippen LogP contribution in [-0.2, 0) is 0 Å². The summed E-state index contributed by atoms with van der Waals surface area (Å²) in [6, 6.07) is 9.92. The van der Waals surface area contributed by atoms with Crippen LogP contribution < -0.4 is 0 Å². The molecule has 2 aromatic rings. The van der Waals surface area contributed by atoms with Crippen LogP contribution in [0, 0.1) is 5.92 Å². The maximum Gasteiger partial charge on any atom is 0.272 e. The molecule has 0 unspecified atom stereocenters. The molecular weight excluding hydrogens is 408 g/mol. The van der Waals surface area contributed by atoms with E-state index >= 15 is 0 Å². The smallest absolute Gasteiger partial charge is 0.272 e. The van der Waals surface area contributed by atoms with E-state index < -0.39 is 0 Å². The van der Waals surface area contributed by atoms with Gasteiger partial charge in [0.1, 0.15) is 5.69 Å². The number of carbonyl (C=O) groups is 4. The number of amides is 4. The molecule has 8 heteroatoms. The number of fused-ring (bicyclic) bond motifs is 1. The highest BCUT2D eigenvalue weighted by Crippen LogP contribution is 2.25. The molecule has 2 aliphatic rings. The molecule has 0 spiro atoms. The summed E-state index contributed by atoms with van der Waals surface area (Å²) in [5.41, 5.74) is 1.39. The zero-order valence-corrected chi connectivity index (χ0v) is 18.3. The van der Waals surface area contributed by atoms with Crippen molar-refractivity contribution < 1.29 is 19.2 Å². The van der Waals surface area contributed by atoms with E-state index in [9.17, 15) is 19.2 Å². The van der Waals surface area contributed by atoms with Gasteiger partial charge in [-0.3, -0.25) is 29.1 Å². The predicted octanol–water partition coefficient (Wildman–Crippen LogP) is 2.32. The molecule has 32 heavy (non-hydrogen) atoms. The molecule has 1 saturated heterocycles. The number of benzene rings is 1. The van der Waals surface area contributed by atoms with Gasteiger partial charge in [0.15, 0.2) is 0 Å². The van der Waals surface area contributed by atoms with Crippen LogP contribution >= 0.6 is 0 Å².